The molecule has 3 aromatic rings. The molecule has 0 saturated heterocycles. The van der Waals surface area contributed by atoms with E-state index >= 15 is 0 Å². The van der Waals surface area contributed by atoms with Gasteiger partial charge in [0, 0.05) is 6.92 Å². The van der Waals surface area contributed by atoms with Gasteiger partial charge in [0.05, 0.1) is 6.54 Å². The molecule has 1 heterocycles. The zero-order valence-electron chi connectivity index (χ0n) is 20.3. The number of hydrogen-bond acceptors (Lipinski definition) is 1. The van der Waals surface area contributed by atoms with Gasteiger partial charge in [0.2, 0.25) is 5.91 Å². The number of hydrogen-bond donors (Lipinski definition) is 1. The summed E-state index contributed by atoms with van der Waals surface area (Å²) in [6.45, 7) is 7.85. The molecule has 2 N–H and O–H groups in total. The lowest BCUT2D eigenvalue weighted by Crippen LogP contribution is -2.47. The molecule has 0 radical (unpaired) electrons. The average Bonchev–Trinajstić information content (AvgIpc) is 3.43. The summed E-state index contributed by atoms with van der Waals surface area (Å²) in [4.78, 5) is 13.3. The molecule has 4 heteroatoms. The van der Waals surface area contributed by atoms with Gasteiger partial charge in [0.15, 0.2) is 0 Å². The predicted molar refractivity (Wildman–Crippen MR) is 133 cm³/mol. The van der Waals surface area contributed by atoms with Crippen molar-refractivity contribution >= 4 is 5.91 Å². The number of rotatable bonds is 9. The summed E-state index contributed by atoms with van der Waals surface area (Å²) in [5.74, 6) is 1.94. The standard InChI is InChI=1S/C29H37N3O/c1-22(2)11-10-18-31-19-20-32(23(31)3)27-17-16-26(21-27)29(28(30)33,24-12-6-4-7-13-24)25-14-8-5-9-15-25/h4-9,12-15,19-20,22,26-27H,10-11,16-18,21H2,1-3H3,(H-,30,33)/p+1. The quantitative estimate of drug-likeness (QED) is 0.446. The monoisotopic (exact) mass is 444 g/mol. The first-order chi connectivity index (χ1) is 15.9. The summed E-state index contributed by atoms with van der Waals surface area (Å²) >= 11 is 0. The second kappa shape index (κ2) is 9.94. The van der Waals surface area contributed by atoms with Crippen LogP contribution in [0.5, 0.6) is 0 Å². The minimum Gasteiger partial charge on any atom is -0.369 e. The number of nitrogens with two attached hydrogens (primary N) is 1. The summed E-state index contributed by atoms with van der Waals surface area (Å²) in [5, 5.41) is 0. The Labute approximate surface area is 198 Å². The summed E-state index contributed by atoms with van der Waals surface area (Å²) in [7, 11) is 0. The fourth-order valence-corrected chi connectivity index (χ4v) is 5.94. The van der Waals surface area contributed by atoms with Crippen molar-refractivity contribution in [3.8, 4) is 0 Å². The third kappa shape index (κ3) is 4.48. The van der Waals surface area contributed by atoms with Gasteiger partial charge < -0.3 is 5.73 Å². The smallest absolute Gasteiger partial charge is 0.253 e. The van der Waals surface area contributed by atoms with E-state index in [2.05, 4.69) is 66.6 Å². The number of carbonyl (C=O) groups is 1. The number of amides is 1. The highest BCUT2D eigenvalue weighted by atomic mass is 16.1. The molecule has 1 aromatic heterocycles. The van der Waals surface area contributed by atoms with Gasteiger partial charge in [-0.3, -0.25) is 4.79 Å². The van der Waals surface area contributed by atoms with Crippen molar-refractivity contribution in [2.45, 2.75) is 70.9 Å². The molecule has 4 rings (SSSR count). The first-order valence-electron chi connectivity index (χ1n) is 12.4. The van der Waals surface area contributed by atoms with E-state index in [0.29, 0.717) is 6.04 Å². The molecule has 1 saturated carbocycles. The van der Waals surface area contributed by atoms with E-state index in [1.54, 1.807) is 0 Å². The lowest BCUT2D eigenvalue weighted by Gasteiger charge is -2.37. The minimum absolute atomic E-state index is 0.154. The van der Waals surface area contributed by atoms with E-state index in [4.69, 9.17) is 5.73 Å². The van der Waals surface area contributed by atoms with Crippen molar-refractivity contribution in [1.29, 1.82) is 0 Å². The van der Waals surface area contributed by atoms with Crippen molar-refractivity contribution in [2.24, 2.45) is 17.6 Å². The van der Waals surface area contributed by atoms with Crippen LogP contribution < -0.4 is 10.3 Å². The van der Waals surface area contributed by atoms with Crippen LogP contribution >= 0.6 is 0 Å². The van der Waals surface area contributed by atoms with Gasteiger partial charge in [0.25, 0.3) is 5.82 Å². The predicted octanol–water partition coefficient (Wildman–Crippen LogP) is 5.33. The first-order valence-corrected chi connectivity index (χ1v) is 12.4. The summed E-state index contributed by atoms with van der Waals surface area (Å²) in [6, 6.07) is 20.7. The molecule has 33 heavy (non-hydrogen) atoms. The van der Waals surface area contributed by atoms with Crippen molar-refractivity contribution in [2.75, 3.05) is 0 Å². The van der Waals surface area contributed by atoms with E-state index in [1.807, 2.05) is 36.4 Å². The van der Waals surface area contributed by atoms with Crippen LogP contribution in [0.2, 0.25) is 0 Å². The van der Waals surface area contributed by atoms with Crippen LogP contribution in [0.4, 0.5) is 0 Å². The van der Waals surface area contributed by atoms with Crippen LogP contribution in [0.3, 0.4) is 0 Å². The molecular weight excluding hydrogens is 406 g/mol. The Balaban J connectivity index is 1.64. The van der Waals surface area contributed by atoms with Crippen molar-refractivity contribution in [1.82, 2.24) is 4.57 Å². The van der Waals surface area contributed by atoms with Crippen LogP contribution in [0.25, 0.3) is 0 Å². The highest BCUT2D eigenvalue weighted by Crippen LogP contribution is 2.49. The van der Waals surface area contributed by atoms with Crippen LogP contribution in [-0.2, 0) is 16.8 Å². The van der Waals surface area contributed by atoms with Crippen LogP contribution in [-0.4, -0.2) is 10.5 Å². The highest BCUT2D eigenvalue weighted by molar-refractivity contribution is 5.91. The maximum Gasteiger partial charge on any atom is 0.253 e. The fraction of sp³-hybridized carbons (Fsp3) is 0.448. The Morgan fingerprint density at radius 2 is 1.67 bits per heavy atom. The normalized spacial score (nSPS) is 18.7. The van der Waals surface area contributed by atoms with E-state index in [9.17, 15) is 4.79 Å². The molecule has 1 fully saturated rings. The number of primary amides is 1. The van der Waals surface area contributed by atoms with Crippen molar-refractivity contribution < 1.29 is 9.36 Å². The van der Waals surface area contributed by atoms with E-state index in [-0.39, 0.29) is 11.8 Å². The molecule has 1 aliphatic carbocycles. The number of carbonyl (C=O) groups excluding carboxylic acids is 1. The molecule has 0 bridgehead atoms. The number of aryl methyl sites for hydroxylation is 1. The molecular formula is C29H38N3O+. The van der Waals surface area contributed by atoms with Crippen LogP contribution in [0, 0.1) is 18.8 Å². The van der Waals surface area contributed by atoms with Gasteiger partial charge in [-0.2, -0.15) is 0 Å². The maximum absolute atomic E-state index is 13.3. The molecule has 174 valence electrons. The molecule has 2 aromatic carbocycles. The minimum atomic E-state index is -0.814. The summed E-state index contributed by atoms with van der Waals surface area (Å²) in [6.07, 6.45) is 9.87. The van der Waals surface area contributed by atoms with Gasteiger partial charge in [-0.1, -0.05) is 74.5 Å². The molecule has 0 spiro atoms. The Kier molecular flexibility index (Phi) is 7.02. The molecule has 4 nitrogen and oxygen atoms in total. The van der Waals surface area contributed by atoms with Gasteiger partial charge in [-0.25, -0.2) is 9.13 Å². The molecule has 1 amide bonds. The molecule has 1 aliphatic rings. The Morgan fingerprint density at radius 3 is 2.21 bits per heavy atom. The second-order valence-corrected chi connectivity index (χ2v) is 10.1. The number of aromatic nitrogens is 2. The van der Waals surface area contributed by atoms with E-state index < -0.39 is 5.41 Å². The molecule has 0 aliphatic heterocycles. The van der Waals surface area contributed by atoms with Crippen molar-refractivity contribution in [3.63, 3.8) is 0 Å². The maximum atomic E-state index is 13.3. The van der Waals surface area contributed by atoms with Gasteiger partial charge in [0.1, 0.15) is 23.9 Å². The van der Waals surface area contributed by atoms with E-state index in [1.165, 1.54) is 18.7 Å². The van der Waals surface area contributed by atoms with E-state index in [0.717, 1.165) is 42.9 Å². The summed E-state index contributed by atoms with van der Waals surface area (Å²) in [5.41, 5.74) is 7.45. The third-order valence-corrected chi connectivity index (χ3v) is 7.63. The zero-order valence-corrected chi connectivity index (χ0v) is 20.3. The Hall–Kier alpha value is -2.88. The number of imidazole rings is 1. The topological polar surface area (TPSA) is 51.9 Å². The average molecular weight is 445 g/mol. The van der Waals surface area contributed by atoms with Crippen LogP contribution in [0.15, 0.2) is 73.1 Å². The molecule has 2 atom stereocenters. The van der Waals surface area contributed by atoms with Gasteiger partial charge in [-0.05, 0) is 55.1 Å². The first kappa shape index (κ1) is 23.3. The largest absolute Gasteiger partial charge is 0.369 e. The SMILES string of the molecule is Cc1n(C2CCC(C(C(N)=O)(c3ccccc3)c3ccccc3)C2)cc[n+]1CCCC(C)C. The zero-order chi connectivity index (χ0) is 23.4. The number of nitrogens with zero attached hydrogens (tertiary/aromatic N) is 2. The Bertz CT molecular complexity index is 1020. The third-order valence-electron chi connectivity index (χ3n) is 7.63. The Morgan fingerprint density at radius 1 is 1.06 bits per heavy atom. The number of benzene rings is 2. The fourth-order valence-electron chi connectivity index (χ4n) is 5.94. The lowest BCUT2D eigenvalue weighted by molar-refractivity contribution is -0.703. The second-order valence-electron chi connectivity index (χ2n) is 10.1. The van der Waals surface area contributed by atoms with Gasteiger partial charge >= 0.3 is 0 Å². The molecule has 2 unspecified atom stereocenters. The van der Waals surface area contributed by atoms with Crippen molar-refractivity contribution in [3.05, 3.63) is 90.0 Å². The van der Waals surface area contributed by atoms with Gasteiger partial charge in [-0.15, -0.1) is 0 Å². The van der Waals surface area contributed by atoms with Crippen LogP contribution in [0.1, 0.15) is 68.9 Å². The summed E-state index contributed by atoms with van der Waals surface area (Å²) < 4.78 is 4.81. The highest BCUT2D eigenvalue weighted by Gasteiger charge is 2.51. The lowest BCUT2D eigenvalue weighted by atomic mass is 9.64.